The number of nitrogens with zero attached hydrogens (tertiary/aromatic N) is 1. The number of para-hydroxylation sites is 2. The van der Waals surface area contributed by atoms with Gasteiger partial charge in [-0.2, -0.15) is 0 Å². The van der Waals surface area contributed by atoms with Crippen molar-refractivity contribution < 1.29 is 19.0 Å². The quantitative estimate of drug-likeness (QED) is 0.773. The molecule has 0 aliphatic rings. The van der Waals surface area contributed by atoms with Crippen LogP contribution in [-0.4, -0.2) is 34.9 Å². The molecule has 6 heteroatoms. The van der Waals surface area contributed by atoms with Crippen molar-refractivity contribution in [1.82, 2.24) is 10.3 Å². The van der Waals surface area contributed by atoms with Crippen molar-refractivity contribution in [3.63, 3.8) is 0 Å². The summed E-state index contributed by atoms with van der Waals surface area (Å²) in [6.45, 7) is 8.87. The number of aliphatic hydroxyl groups excluding tert-OH is 1. The van der Waals surface area contributed by atoms with Crippen molar-refractivity contribution in [2.45, 2.75) is 45.9 Å². The summed E-state index contributed by atoms with van der Waals surface area (Å²) in [6, 6.07) is 7.34. The van der Waals surface area contributed by atoms with Crippen LogP contribution in [0.4, 0.5) is 0 Å². The average Bonchev–Trinajstić information content (AvgIpc) is 2.94. The maximum absolute atomic E-state index is 10.0. The zero-order chi connectivity index (χ0) is 17.6. The first-order chi connectivity index (χ1) is 11.3. The van der Waals surface area contributed by atoms with E-state index in [2.05, 4.69) is 10.3 Å². The molecule has 6 nitrogen and oxygen atoms in total. The van der Waals surface area contributed by atoms with Crippen molar-refractivity contribution in [3.05, 3.63) is 42.1 Å². The molecule has 132 valence electrons. The SMILES string of the molecule is Cc1coc(COc2ccccc2OCC(O)CNC(C)(C)C)n1. The Hall–Kier alpha value is -2.05. The van der Waals surface area contributed by atoms with Crippen molar-refractivity contribution in [1.29, 1.82) is 0 Å². The number of hydrogen-bond donors (Lipinski definition) is 2. The minimum Gasteiger partial charge on any atom is -0.487 e. The molecular weight excluding hydrogens is 308 g/mol. The predicted octanol–water partition coefficient (Wildman–Crippen LogP) is 2.69. The molecule has 1 atom stereocenters. The molecule has 0 bridgehead atoms. The number of nitrogens with one attached hydrogen (secondary N) is 1. The second-order valence-electron chi connectivity index (χ2n) is 6.71. The molecule has 0 saturated carbocycles. The van der Waals surface area contributed by atoms with E-state index in [4.69, 9.17) is 13.9 Å². The van der Waals surface area contributed by atoms with E-state index in [0.29, 0.717) is 23.9 Å². The summed E-state index contributed by atoms with van der Waals surface area (Å²) in [7, 11) is 0. The molecule has 0 aliphatic heterocycles. The molecule has 0 amide bonds. The van der Waals surface area contributed by atoms with Gasteiger partial charge in [0.05, 0.1) is 5.69 Å². The monoisotopic (exact) mass is 334 g/mol. The van der Waals surface area contributed by atoms with Crippen molar-refractivity contribution in [2.75, 3.05) is 13.2 Å². The van der Waals surface area contributed by atoms with Crippen LogP contribution in [0, 0.1) is 6.92 Å². The van der Waals surface area contributed by atoms with Gasteiger partial charge < -0.3 is 24.3 Å². The van der Waals surface area contributed by atoms with Crippen LogP contribution in [0.15, 0.2) is 34.9 Å². The second-order valence-corrected chi connectivity index (χ2v) is 6.71. The standard InChI is InChI=1S/C18H26N2O4/c1-13-10-24-17(20-13)12-23-16-8-6-5-7-15(16)22-11-14(21)9-19-18(2,3)4/h5-8,10,14,19,21H,9,11-12H2,1-4H3. The summed E-state index contributed by atoms with van der Waals surface area (Å²) in [5.41, 5.74) is 0.767. The lowest BCUT2D eigenvalue weighted by atomic mass is 10.1. The number of β-amino-alcohol motifs (C(OH)–C–C–N with tert-alkyl or cyclic N) is 1. The lowest BCUT2D eigenvalue weighted by Crippen LogP contribution is -2.42. The maximum Gasteiger partial charge on any atom is 0.232 e. The van der Waals surface area contributed by atoms with Gasteiger partial charge in [0.25, 0.3) is 0 Å². The Bertz CT molecular complexity index is 634. The predicted molar refractivity (Wildman–Crippen MR) is 91.3 cm³/mol. The normalized spacial score (nSPS) is 12.9. The zero-order valence-electron chi connectivity index (χ0n) is 14.7. The van der Waals surface area contributed by atoms with E-state index in [1.54, 1.807) is 12.3 Å². The topological polar surface area (TPSA) is 76.8 Å². The Morgan fingerprint density at radius 1 is 1.21 bits per heavy atom. The van der Waals surface area contributed by atoms with E-state index < -0.39 is 6.10 Å². The molecule has 0 radical (unpaired) electrons. The Balaban J connectivity index is 1.86. The molecule has 1 aromatic heterocycles. The third-order valence-corrected chi connectivity index (χ3v) is 3.17. The van der Waals surface area contributed by atoms with Crippen molar-refractivity contribution in [3.8, 4) is 11.5 Å². The van der Waals surface area contributed by atoms with Gasteiger partial charge in [0, 0.05) is 12.1 Å². The fraction of sp³-hybridized carbons (Fsp3) is 0.500. The van der Waals surface area contributed by atoms with Crippen LogP contribution in [0.3, 0.4) is 0 Å². The number of hydrogen-bond acceptors (Lipinski definition) is 6. The summed E-state index contributed by atoms with van der Waals surface area (Å²) in [5.74, 6) is 1.68. The van der Waals surface area contributed by atoms with Gasteiger partial charge in [0.15, 0.2) is 18.1 Å². The van der Waals surface area contributed by atoms with Crippen LogP contribution in [0.25, 0.3) is 0 Å². The third-order valence-electron chi connectivity index (χ3n) is 3.17. The van der Waals surface area contributed by atoms with E-state index in [9.17, 15) is 5.11 Å². The molecule has 24 heavy (non-hydrogen) atoms. The Morgan fingerprint density at radius 2 is 1.88 bits per heavy atom. The Labute approximate surface area is 142 Å². The number of oxazole rings is 1. The molecule has 0 fully saturated rings. The highest BCUT2D eigenvalue weighted by Gasteiger charge is 2.14. The van der Waals surface area contributed by atoms with Crippen molar-refractivity contribution >= 4 is 0 Å². The molecule has 1 heterocycles. The van der Waals surface area contributed by atoms with E-state index in [-0.39, 0.29) is 18.8 Å². The van der Waals surface area contributed by atoms with Gasteiger partial charge in [-0.05, 0) is 39.8 Å². The Morgan fingerprint density at radius 3 is 2.46 bits per heavy atom. The highest BCUT2D eigenvalue weighted by molar-refractivity contribution is 5.39. The molecule has 1 aromatic carbocycles. The number of benzene rings is 1. The largest absolute Gasteiger partial charge is 0.487 e. The van der Waals surface area contributed by atoms with Gasteiger partial charge in [0.1, 0.15) is 19.0 Å². The lowest BCUT2D eigenvalue weighted by Gasteiger charge is -2.23. The summed E-state index contributed by atoms with van der Waals surface area (Å²) in [5, 5.41) is 13.3. The number of aryl methyl sites for hydroxylation is 1. The van der Waals surface area contributed by atoms with Crippen LogP contribution in [0.5, 0.6) is 11.5 Å². The molecule has 0 spiro atoms. The van der Waals surface area contributed by atoms with E-state index in [1.807, 2.05) is 45.9 Å². The number of rotatable bonds is 8. The smallest absolute Gasteiger partial charge is 0.232 e. The van der Waals surface area contributed by atoms with Gasteiger partial charge in [-0.25, -0.2) is 4.98 Å². The molecule has 2 N–H and O–H groups in total. The molecule has 2 aromatic rings. The molecule has 0 saturated heterocycles. The first-order valence-corrected chi connectivity index (χ1v) is 8.02. The first kappa shape index (κ1) is 18.3. The average molecular weight is 334 g/mol. The van der Waals surface area contributed by atoms with Gasteiger partial charge in [0.2, 0.25) is 5.89 Å². The van der Waals surface area contributed by atoms with Gasteiger partial charge in [-0.1, -0.05) is 12.1 Å². The fourth-order valence-electron chi connectivity index (χ4n) is 1.97. The first-order valence-electron chi connectivity index (χ1n) is 8.02. The molecule has 1 unspecified atom stereocenters. The summed E-state index contributed by atoms with van der Waals surface area (Å²) >= 11 is 0. The zero-order valence-corrected chi connectivity index (χ0v) is 14.7. The lowest BCUT2D eigenvalue weighted by molar-refractivity contribution is 0.0974. The Kier molecular flexibility index (Phi) is 6.23. The highest BCUT2D eigenvalue weighted by Crippen LogP contribution is 2.27. The third kappa shape index (κ3) is 6.22. The van der Waals surface area contributed by atoms with Crippen molar-refractivity contribution in [2.24, 2.45) is 0 Å². The number of aliphatic hydroxyl groups is 1. The van der Waals surface area contributed by atoms with E-state index >= 15 is 0 Å². The van der Waals surface area contributed by atoms with Crippen LogP contribution in [0.2, 0.25) is 0 Å². The second kappa shape index (κ2) is 8.17. The van der Waals surface area contributed by atoms with Crippen LogP contribution >= 0.6 is 0 Å². The van der Waals surface area contributed by atoms with Gasteiger partial charge >= 0.3 is 0 Å². The van der Waals surface area contributed by atoms with E-state index in [0.717, 1.165) is 5.69 Å². The number of aromatic nitrogens is 1. The summed E-state index contributed by atoms with van der Waals surface area (Å²) in [4.78, 5) is 4.20. The van der Waals surface area contributed by atoms with Crippen LogP contribution in [-0.2, 0) is 6.61 Å². The molecular formula is C18H26N2O4. The summed E-state index contributed by atoms with van der Waals surface area (Å²) in [6.07, 6.45) is 0.978. The highest BCUT2D eigenvalue weighted by atomic mass is 16.5. The minimum atomic E-state index is -0.605. The minimum absolute atomic E-state index is 0.0455. The maximum atomic E-state index is 10.0. The van der Waals surface area contributed by atoms with Gasteiger partial charge in [-0.3, -0.25) is 0 Å². The fourth-order valence-corrected chi connectivity index (χ4v) is 1.97. The van der Waals surface area contributed by atoms with Crippen LogP contribution in [0.1, 0.15) is 32.4 Å². The molecule has 0 aliphatic carbocycles. The molecule has 2 rings (SSSR count). The number of ether oxygens (including phenoxy) is 2. The van der Waals surface area contributed by atoms with Crippen LogP contribution < -0.4 is 14.8 Å². The van der Waals surface area contributed by atoms with E-state index in [1.165, 1.54) is 0 Å². The van der Waals surface area contributed by atoms with Gasteiger partial charge in [-0.15, -0.1) is 0 Å². The summed E-state index contributed by atoms with van der Waals surface area (Å²) < 4.78 is 16.7.